The number of nitrogens with zero attached hydrogens (tertiary/aromatic N) is 2. The number of fused-ring (bicyclic) bond motifs is 1. The van der Waals surface area contributed by atoms with Crippen molar-refractivity contribution in [2.75, 3.05) is 46.3 Å². The summed E-state index contributed by atoms with van der Waals surface area (Å²) in [5, 5.41) is 2.49. The number of sulfonamides is 1. The van der Waals surface area contributed by atoms with Gasteiger partial charge in [0.1, 0.15) is 28.7 Å². The summed E-state index contributed by atoms with van der Waals surface area (Å²) in [4.78, 5) is 28.6. The van der Waals surface area contributed by atoms with E-state index in [1.807, 2.05) is 0 Å². The van der Waals surface area contributed by atoms with E-state index in [9.17, 15) is 13.2 Å². The summed E-state index contributed by atoms with van der Waals surface area (Å²) >= 11 is 13.6. The lowest BCUT2D eigenvalue weighted by Crippen LogP contribution is -2.69. The van der Waals surface area contributed by atoms with Gasteiger partial charge in [-0.3, -0.25) is 14.1 Å². The predicted molar refractivity (Wildman–Crippen MR) is 168 cm³/mol. The molecule has 0 saturated carbocycles. The number of carbonyl (C=O) groups is 2. The Bertz CT molecular complexity index is 1820. The van der Waals surface area contributed by atoms with E-state index in [0.29, 0.717) is 15.6 Å². The van der Waals surface area contributed by atoms with E-state index in [1.54, 1.807) is 32.2 Å². The van der Waals surface area contributed by atoms with Gasteiger partial charge < -0.3 is 19.5 Å². The van der Waals surface area contributed by atoms with Crippen molar-refractivity contribution in [1.29, 1.82) is 0 Å². The highest BCUT2D eigenvalue weighted by atomic mass is 35.5. The number of halogens is 3. The number of carbonyl (C=O) groups excluding carboxylic acids is 2. The molecule has 10 nitrogen and oxygen atoms in total. The molecule has 2 aliphatic heterocycles. The van der Waals surface area contributed by atoms with E-state index in [0.717, 1.165) is 0 Å². The third-order valence-electron chi connectivity index (χ3n) is 8.84. The van der Waals surface area contributed by atoms with E-state index in [2.05, 4.69) is 5.32 Å². The number of ether oxygens (including phenoxy) is 3. The Balaban J connectivity index is 1.97. The van der Waals surface area contributed by atoms with Crippen molar-refractivity contribution in [2.24, 2.45) is 0 Å². The van der Waals surface area contributed by atoms with Crippen LogP contribution in [-0.2, 0) is 25.2 Å². The monoisotopic (exact) mass is 680 g/mol. The molecule has 2 heterocycles. The number of benzene rings is 3. The predicted octanol–water partition coefficient (Wildman–Crippen LogP) is 4.61. The topological polar surface area (TPSA) is 111 Å². The van der Waals surface area contributed by atoms with Gasteiger partial charge in [-0.25, -0.2) is 12.8 Å². The molecule has 0 aromatic heterocycles. The molecule has 2 aliphatic rings. The third-order valence-corrected chi connectivity index (χ3v) is 11.4. The number of likely N-dealkylation sites (tertiary alicyclic amines) is 1. The van der Waals surface area contributed by atoms with E-state index in [4.69, 9.17) is 37.4 Å². The minimum absolute atomic E-state index is 0.00660. The first-order chi connectivity index (χ1) is 21.2. The fraction of sp³-hybridized carbons (Fsp3) is 0.355. The Morgan fingerprint density at radius 1 is 1.04 bits per heavy atom. The number of hydrogen-bond acceptors (Lipinski definition) is 7. The van der Waals surface area contributed by atoms with Gasteiger partial charge in [0, 0.05) is 19.5 Å². The van der Waals surface area contributed by atoms with Crippen LogP contribution in [0.1, 0.15) is 23.1 Å². The maximum atomic E-state index is 15.7. The molecule has 1 fully saturated rings. The average Bonchev–Trinajstić information content (AvgIpc) is 3.49. The minimum Gasteiger partial charge on any atom is -0.497 e. The molecular formula is C31H33Cl2FN3O7S+. The first-order valence-electron chi connectivity index (χ1n) is 13.9. The molecule has 0 spiro atoms. The second kappa shape index (κ2) is 11.7. The number of quaternary nitrogens is 1. The van der Waals surface area contributed by atoms with Gasteiger partial charge in [0.2, 0.25) is 5.54 Å². The van der Waals surface area contributed by atoms with Crippen LogP contribution < -0.4 is 23.8 Å². The summed E-state index contributed by atoms with van der Waals surface area (Å²) in [6, 6.07) is 10.7. The number of anilines is 1. The van der Waals surface area contributed by atoms with Crippen molar-refractivity contribution < 1.29 is 41.1 Å². The lowest BCUT2D eigenvalue weighted by atomic mass is 9.78. The molecule has 1 N–H and O–H groups in total. The quantitative estimate of drug-likeness (QED) is 0.346. The van der Waals surface area contributed by atoms with Crippen LogP contribution in [0.3, 0.4) is 0 Å². The van der Waals surface area contributed by atoms with Gasteiger partial charge in [-0.2, -0.15) is 4.31 Å². The van der Waals surface area contributed by atoms with Crippen LogP contribution in [-0.4, -0.2) is 78.9 Å². The van der Waals surface area contributed by atoms with Gasteiger partial charge >= 0.3 is 5.91 Å². The van der Waals surface area contributed by atoms with Crippen molar-refractivity contribution in [1.82, 2.24) is 5.32 Å². The smallest absolute Gasteiger partial charge is 0.312 e. The second-order valence-corrected chi connectivity index (χ2v) is 13.7. The van der Waals surface area contributed by atoms with Crippen LogP contribution >= 0.6 is 23.2 Å². The van der Waals surface area contributed by atoms with E-state index < -0.39 is 44.1 Å². The molecular weight excluding hydrogens is 648 g/mol. The highest BCUT2D eigenvalue weighted by molar-refractivity contribution is 7.93. The SMILES string of the molecule is CNC(=O)[C@@H]1C[C@@H](F)C[N+]1(C)C1(c2cc(C)ccc2OC)C(=O)N(S(=O)(=O)c2ccc(OC)cc2OC)c2ccc(Cl)c(Cl)c21. The zero-order chi connectivity index (χ0) is 33.1. The molecule has 3 aromatic carbocycles. The summed E-state index contributed by atoms with van der Waals surface area (Å²) < 4.78 is 61.5. The molecule has 2 amide bonds. The van der Waals surface area contributed by atoms with Gasteiger partial charge in [0.15, 0.2) is 12.2 Å². The average molecular weight is 682 g/mol. The molecule has 0 aliphatic carbocycles. The molecule has 5 rings (SSSR count). The zero-order valence-corrected chi connectivity index (χ0v) is 27.8. The number of aryl methyl sites for hydroxylation is 1. The number of hydrogen-bond donors (Lipinski definition) is 1. The van der Waals surface area contributed by atoms with Gasteiger partial charge in [0.25, 0.3) is 15.9 Å². The third kappa shape index (κ3) is 4.64. The molecule has 1 saturated heterocycles. The fourth-order valence-corrected chi connectivity index (χ4v) is 8.89. The highest BCUT2D eigenvalue weighted by Gasteiger charge is 2.73. The maximum Gasteiger partial charge on any atom is 0.312 e. The Kier molecular flexibility index (Phi) is 8.49. The number of alkyl halides is 1. The van der Waals surface area contributed by atoms with Crippen molar-refractivity contribution in [2.45, 2.75) is 36.0 Å². The molecule has 2 unspecified atom stereocenters. The number of nitrogens with one attached hydrogen (secondary N) is 1. The number of amides is 2. The molecule has 0 radical (unpaired) electrons. The van der Waals surface area contributed by atoms with E-state index >= 15 is 9.18 Å². The Morgan fingerprint density at radius 2 is 1.73 bits per heavy atom. The summed E-state index contributed by atoms with van der Waals surface area (Å²) in [6.45, 7) is 1.45. The van der Waals surface area contributed by atoms with Crippen LogP contribution in [0.15, 0.2) is 53.4 Å². The van der Waals surface area contributed by atoms with E-state index in [1.165, 1.54) is 58.7 Å². The molecule has 14 heteroatoms. The molecule has 45 heavy (non-hydrogen) atoms. The maximum absolute atomic E-state index is 15.7. The lowest BCUT2D eigenvalue weighted by Gasteiger charge is -2.48. The van der Waals surface area contributed by atoms with Crippen molar-refractivity contribution >= 4 is 50.7 Å². The number of rotatable bonds is 8. The fourth-order valence-electron chi connectivity index (χ4n) is 6.84. The number of likely N-dealkylation sites (N-methyl/N-ethyl adjacent to an activating group) is 2. The standard InChI is InChI=1S/C31H32Cl2FN3O7S/c1-17-7-11-24(43-5)20(13-17)31(37(3)16-18(34)14-23(37)29(38)35-2)27-22(10-9-21(32)28(27)33)36(30(31)39)45(40,41)26-12-8-19(42-4)15-25(26)44-6/h7-13,15,18,23H,14,16H2,1-6H3/p+1/t18-,23+,31?,37?/m1/s1. The Hall–Kier alpha value is -3.58. The first kappa shape index (κ1) is 32.8. The van der Waals surface area contributed by atoms with Crippen molar-refractivity contribution in [3.05, 3.63) is 75.3 Å². The molecule has 0 bridgehead atoms. The largest absolute Gasteiger partial charge is 0.497 e. The summed E-state index contributed by atoms with van der Waals surface area (Å²) in [7, 11) is 2.32. The molecule has 4 atom stereocenters. The Morgan fingerprint density at radius 3 is 2.36 bits per heavy atom. The van der Waals surface area contributed by atoms with Crippen LogP contribution in [0.4, 0.5) is 10.1 Å². The van der Waals surface area contributed by atoms with E-state index in [-0.39, 0.29) is 56.2 Å². The second-order valence-electron chi connectivity index (χ2n) is 11.2. The molecule has 240 valence electrons. The molecule has 3 aromatic rings. The lowest BCUT2D eigenvalue weighted by molar-refractivity contribution is -0.953. The summed E-state index contributed by atoms with van der Waals surface area (Å²) in [5.74, 6) is -1.08. The van der Waals surface area contributed by atoms with Crippen LogP contribution in [0.2, 0.25) is 10.0 Å². The van der Waals surface area contributed by atoms with Gasteiger partial charge in [-0.15, -0.1) is 0 Å². The van der Waals surface area contributed by atoms with Crippen LogP contribution in [0.5, 0.6) is 17.2 Å². The van der Waals surface area contributed by atoms with Gasteiger partial charge in [-0.05, 0) is 43.3 Å². The number of methoxy groups -OCH3 is 3. The summed E-state index contributed by atoms with van der Waals surface area (Å²) in [6.07, 6.45) is -1.75. The minimum atomic E-state index is -4.76. The van der Waals surface area contributed by atoms with Crippen LogP contribution in [0, 0.1) is 6.92 Å². The summed E-state index contributed by atoms with van der Waals surface area (Å²) in [5.41, 5.74) is -1.33. The van der Waals surface area contributed by atoms with Crippen molar-refractivity contribution in [3.8, 4) is 17.2 Å². The first-order valence-corrected chi connectivity index (χ1v) is 16.1. The normalized spacial score (nSPS) is 24.4. The van der Waals surface area contributed by atoms with Gasteiger partial charge in [-0.1, -0.05) is 34.8 Å². The zero-order valence-electron chi connectivity index (χ0n) is 25.5. The van der Waals surface area contributed by atoms with Crippen molar-refractivity contribution in [3.63, 3.8) is 0 Å². The Labute approximate surface area is 271 Å². The van der Waals surface area contributed by atoms with Crippen LogP contribution in [0.25, 0.3) is 0 Å². The van der Waals surface area contributed by atoms with Gasteiger partial charge in [0.05, 0.1) is 55.2 Å². The highest BCUT2D eigenvalue weighted by Crippen LogP contribution is 2.60.